The number of carboxylic acid groups (broad SMARTS) is 1. The third kappa shape index (κ3) is 7.74. The molecule has 8 nitrogen and oxygen atoms in total. The van der Waals surface area contributed by atoms with E-state index in [-0.39, 0.29) is 18.2 Å². The molecule has 8 heteroatoms. The third-order valence-electron chi connectivity index (χ3n) is 8.56. The zero-order chi connectivity index (χ0) is 30.2. The standard InChI is InChI=1S/C35H41N3O5/c1-42-29-13-14-31(35(41)38(18-6-17-36)28-8-3-2-4-9-28)33(22-29)37-19-15-25(16-20-37)24-43-30-10-5-7-27(21-30)32(23-34(39)40)26-11-12-26/h2-5,7-10,13-14,17,21-22,25-26,32,36H,6,11-12,15-16,18-20,23-24H2,1H3,(H,39,40). The van der Waals surface area contributed by atoms with Crippen LogP contribution in [0.15, 0.2) is 72.8 Å². The molecule has 3 aromatic rings. The number of hydrogen-bond acceptors (Lipinski definition) is 6. The van der Waals surface area contributed by atoms with Crippen molar-refractivity contribution in [2.75, 3.05) is 43.2 Å². The van der Waals surface area contributed by atoms with Crippen LogP contribution in [0.25, 0.3) is 0 Å². The van der Waals surface area contributed by atoms with Crippen molar-refractivity contribution >= 4 is 29.5 Å². The Kier molecular flexibility index (Phi) is 9.97. The summed E-state index contributed by atoms with van der Waals surface area (Å²) in [5, 5.41) is 16.9. The summed E-state index contributed by atoms with van der Waals surface area (Å²) < 4.78 is 11.8. The van der Waals surface area contributed by atoms with E-state index in [4.69, 9.17) is 14.9 Å². The van der Waals surface area contributed by atoms with E-state index in [1.807, 2.05) is 72.8 Å². The van der Waals surface area contributed by atoms with Gasteiger partial charge in [-0.1, -0.05) is 30.3 Å². The van der Waals surface area contributed by atoms with Gasteiger partial charge in [-0.25, -0.2) is 0 Å². The number of ether oxygens (including phenoxy) is 2. The summed E-state index contributed by atoms with van der Waals surface area (Å²) in [7, 11) is 1.63. The van der Waals surface area contributed by atoms with Crippen molar-refractivity contribution in [3.63, 3.8) is 0 Å². The van der Waals surface area contributed by atoms with Gasteiger partial charge in [-0.2, -0.15) is 0 Å². The van der Waals surface area contributed by atoms with E-state index >= 15 is 0 Å². The predicted molar refractivity (Wildman–Crippen MR) is 169 cm³/mol. The molecule has 1 heterocycles. The Bertz CT molecular complexity index is 1400. The molecule has 0 spiro atoms. The van der Waals surface area contributed by atoms with E-state index in [9.17, 15) is 14.7 Å². The van der Waals surface area contributed by atoms with Crippen LogP contribution in [0.1, 0.15) is 60.4 Å². The lowest BCUT2D eigenvalue weighted by atomic mass is 9.91. The Labute approximate surface area is 253 Å². The Morgan fingerprint density at radius 2 is 1.77 bits per heavy atom. The van der Waals surface area contributed by atoms with Crippen LogP contribution in [-0.4, -0.2) is 56.5 Å². The summed E-state index contributed by atoms with van der Waals surface area (Å²) in [6.07, 6.45) is 6.00. The van der Waals surface area contributed by atoms with Crippen LogP contribution in [0.5, 0.6) is 11.5 Å². The molecule has 2 fully saturated rings. The number of amides is 1. The molecular weight excluding hydrogens is 542 g/mol. The molecule has 1 atom stereocenters. The molecule has 0 bridgehead atoms. The normalized spacial score (nSPS) is 15.9. The van der Waals surface area contributed by atoms with Crippen LogP contribution < -0.4 is 19.3 Å². The van der Waals surface area contributed by atoms with Crippen molar-refractivity contribution in [2.24, 2.45) is 11.8 Å². The van der Waals surface area contributed by atoms with Crippen molar-refractivity contribution in [2.45, 2.75) is 44.4 Å². The monoisotopic (exact) mass is 583 g/mol. The van der Waals surface area contributed by atoms with Crippen molar-refractivity contribution in [1.82, 2.24) is 0 Å². The number of para-hydroxylation sites is 1. The van der Waals surface area contributed by atoms with E-state index in [1.54, 1.807) is 12.0 Å². The molecule has 226 valence electrons. The van der Waals surface area contributed by atoms with Gasteiger partial charge in [-0.05, 0) is 91.6 Å². The number of nitrogens with one attached hydrogen (secondary N) is 1. The first kappa shape index (κ1) is 30.1. The van der Waals surface area contributed by atoms with E-state index in [0.717, 1.165) is 61.5 Å². The molecule has 5 rings (SSSR count). The second-order valence-electron chi connectivity index (χ2n) is 11.5. The number of aliphatic carboxylic acids is 1. The maximum atomic E-state index is 13.9. The van der Waals surface area contributed by atoms with Gasteiger partial charge in [0, 0.05) is 37.8 Å². The molecule has 0 aromatic heterocycles. The predicted octanol–water partition coefficient (Wildman–Crippen LogP) is 6.65. The highest BCUT2D eigenvalue weighted by atomic mass is 16.5. The zero-order valence-electron chi connectivity index (χ0n) is 24.8. The average molecular weight is 584 g/mol. The second-order valence-corrected chi connectivity index (χ2v) is 11.5. The van der Waals surface area contributed by atoms with Gasteiger partial charge < -0.3 is 29.8 Å². The van der Waals surface area contributed by atoms with Gasteiger partial charge in [-0.15, -0.1) is 0 Å². The number of benzene rings is 3. The van der Waals surface area contributed by atoms with Gasteiger partial charge in [0.2, 0.25) is 0 Å². The van der Waals surface area contributed by atoms with Gasteiger partial charge in [0.1, 0.15) is 11.5 Å². The van der Waals surface area contributed by atoms with Crippen molar-refractivity contribution in [1.29, 1.82) is 5.41 Å². The number of anilines is 2. The number of rotatable bonds is 14. The Morgan fingerprint density at radius 3 is 2.44 bits per heavy atom. The first-order valence-corrected chi connectivity index (χ1v) is 15.2. The number of piperidine rings is 1. The summed E-state index contributed by atoms with van der Waals surface area (Å²) in [5.74, 6) is 1.53. The molecule has 1 amide bonds. The van der Waals surface area contributed by atoms with Crippen LogP contribution in [0.4, 0.5) is 11.4 Å². The number of carbonyl (C=O) groups is 2. The molecule has 43 heavy (non-hydrogen) atoms. The quantitative estimate of drug-likeness (QED) is 0.206. The summed E-state index contributed by atoms with van der Waals surface area (Å²) in [6.45, 7) is 2.60. The second kappa shape index (κ2) is 14.2. The maximum absolute atomic E-state index is 13.9. The minimum Gasteiger partial charge on any atom is -0.497 e. The van der Waals surface area contributed by atoms with E-state index in [1.165, 1.54) is 6.21 Å². The molecule has 1 saturated heterocycles. The van der Waals surface area contributed by atoms with Crippen LogP contribution >= 0.6 is 0 Å². The summed E-state index contributed by atoms with van der Waals surface area (Å²) >= 11 is 0. The molecule has 1 aliphatic heterocycles. The molecule has 1 unspecified atom stereocenters. The first-order valence-electron chi connectivity index (χ1n) is 15.2. The highest BCUT2D eigenvalue weighted by Crippen LogP contribution is 2.45. The lowest BCUT2D eigenvalue weighted by Crippen LogP contribution is -2.38. The average Bonchev–Trinajstić information content (AvgIpc) is 3.89. The fourth-order valence-electron chi connectivity index (χ4n) is 6.01. The number of hydrogen-bond donors (Lipinski definition) is 2. The minimum absolute atomic E-state index is 0.0481. The van der Waals surface area contributed by atoms with Crippen LogP contribution in [0.2, 0.25) is 0 Å². The minimum atomic E-state index is -0.755. The topological polar surface area (TPSA) is 103 Å². The molecular formula is C35H41N3O5. The van der Waals surface area contributed by atoms with Crippen molar-refractivity contribution in [3.05, 3.63) is 83.9 Å². The van der Waals surface area contributed by atoms with Crippen LogP contribution in [0, 0.1) is 17.2 Å². The number of methoxy groups -OCH3 is 1. The Morgan fingerprint density at radius 1 is 1.00 bits per heavy atom. The van der Waals surface area contributed by atoms with Gasteiger partial charge in [0.05, 0.1) is 31.4 Å². The SMILES string of the molecule is COc1ccc(C(=O)N(CCC=N)c2ccccc2)c(N2CCC(COc3cccc(C(CC(=O)O)C4CC4)c3)CC2)c1. The highest BCUT2D eigenvalue weighted by Gasteiger charge is 2.34. The fourth-order valence-corrected chi connectivity index (χ4v) is 6.01. The molecule has 1 aliphatic carbocycles. The maximum Gasteiger partial charge on any atom is 0.303 e. The molecule has 2 N–H and O–H groups in total. The largest absolute Gasteiger partial charge is 0.497 e. The summed E-state index contributed by atoms with van der Waals surface area (Å²) in [6, 6.07) is 23.2. The lowest BCUT2D eigenvalue weighted by molar-refractivity contribution is -0.137. The van der Waals surface area contributed by atoms with Gasteiger partial charge in [-0.3, -0.25) is 9.59 Å². The van der Waals surface area contributed by atoms with Crippen molar-refractivity contribution < 1.29 is 24.2 Å². The first-order chi connectivity index (χ1) is 21.0. The van der Waals surface area contributed by atoms with Gasteiger partial charge >= 0.3 is 5.97 Å². The number of nitrogens with zero attached hydrogens (tertiary/aromatic N) is 2. The molecule has 0 radical (unpaired) electrons. The molecule has 3 aromatic carbocycles. The van der Waals surface area contributed by atoms with Gasteiger partial charge in [0.25, 0.3) is 5.91 Å². The van der Waals surface area contributed by atoms with E-state index in [0.29, 0.717) is 42.7 Å². The van der Waals surface area contributed by atoms with Crippen LogP contribution in [0.3, 0.4) is 0 Å². The smallest absolute Gasteiger partial charge is 0.303 e. The summed E-state index contributed by atoms with van der Waals surface area (Å²) in [4.78, 5) is 29.4. The third-order valence-corrected chi connectivity index (χ3v) is 8.56. The van der Waals surface area contributed by atoms with E-state index < -0.39 is 5.97 Å². The number of carbonyl (C=O) groups excluding carboxylic acids is 1. The van der Waals surface area contributed by atoms with Crippen LogP contribution in [-0.2, 0) is 4.79 Å². The van der Waals surface area contributed by atoms with Crippen molar-refractivity contribution in [3.8, 4) is 11.5 Å². The number of carboxylic acids is 1. The highest BCUT2D eigenvalue weighted by molar-refractivity contribution is 6.10. The van der Waals surface area contributed by atoms with Gasteiger partial charge in [0.15, 0.2) is 0 Å². The van der Waals surface area contributed by atoms with E-state index in [2.05, 4.69) is 4.90 Å². The molecule has 1 saturated carbocycles. The Balaban J connectivity index is 1.25. The lowest BCUT2D eigenvalue weighted by Gasteiger charge is -2.35. The molecule has 2 aliphatic rings. The fraction of sp³-hybridized carbons (Fsp3) is 0.400. The zero-order valence-corrected chi connectivity index (χ0v) is 24.8. The summed E-state index contributed by atoms with van der Waals surface area (Å²) in [5.41, 5.74) is 3.34. The Hall–Kier alpha value is -4.33.